The molecule has 0 aliphatic rings. The van der Waals surface area contributed by atoms with Crippen LogP contribution in [0.2, 0.25) is 0 Å². The SMILES string of the molecule is Cc1ccc(C(=O)Nc2cc(S(=O)(=O)N(C)C)ccc2C)cn1. The predicted octanol–water partition coefficient (Wildman–Crippen LogP) is 2.20. The Kier molecular flexibility index (Phi) is 4.82. The van der Waals surface area contributed by atoms with Gasteiger partial charge in [-0.05, 0) is 43.7 Å². The van der Waals surface area contributed by atoms with Crippen molar-refractivity contribution >= 4 is 21.6 Å². The highest BCUT2D eigenvalue weighted by molar-refractivity contribution is 7.89. The van der Waals surface area contributed by atoms with Gasteiger partial charge in [0.15, 0.2) is 0 Å². The number of nitrogens with zero attached hydrogens (tertiary/aromatic N) is 2. The average Bonchev–Trinajstić information content (AvgIpc) is 2.49. The molecule has 0 atom stereocenters. The van der Waals surface area contributed by atoms with E-state index in [1.807, 2.05) is 6.92 Å². The van der Waals surface area contributed by atoms with Gasteiger partial charge in [0.25, 0.3) is 5.91 Å². The van der Waals surface area contributed by atoms with Gasteiger partial charge in [-0.3, -0.25) is 9.78 Å². The predicted molar refractivity (Wildman–Crippen MR) is 89.0 cm³/mol. The highest BCUT2D eigenvalue weighted by atomic mass is 32.2. The molecule has 1 aromatic heterocycles. The molecule has 0 saturated heterocycles. The van der Waals surface area contributed by atoms with Gasteiger partial charge >= 0.3 is 0 Å². The van der Waals surface area contributed by atoms with Crippen molar-refractivity contribution < 1.29 is 13.2 Å². The number of hydrogen-bond acceptors (Lipinski definition) is 4. The van der Waals surface area contributed by atoms with Gasteiger partial charge in [-0.15, -0.1) is 0 Å². The Balaban J connectivity index is 2.33. The largest absolute Gasteiger partial charge is 0.322 e. The normalized spacial score (nSPS) is 11.5. The maximum atomic E-state index is 12.3. The first kappa shape index (κ1) is 17.1. The minimum atomic E-state index is -3.55. The van der Waals surface area contributed by atoms with E-state index in [0.717, 1.165) is 15.6 Å². The van der Waals surface area contributed by atoms with Crippen molar-refractivity contribution in [2.75, 3.05) is 19.4 Å². The average molecular weight is 333 g/mol. The minimum absolute atomic E-state index is 0.130. The smallest absolute Gasteiger partial charge is 0.257 e. The summed E-state index contributed by atoms with van der Waals surface area (Å²) in [7, 11) is -0.625. The molecule has 122 valence electrons. The topological polar surface area (TPSA) is 79.4 Å². The van der Waals surface area contributed by atoms with Crippen molar-refractivity contribution in [1.29, 1.82) is 0 Å². The van der Waals surface area contributed by atoms with Crippen molar-refractivity contribution in [1.82, 2.24) is 9.29 Å². The van der Waals surface area contributed by atoms with Crippen molar-refractivity contribution in [3.63, 3.8) is 0 Å². The molecule has 7 heteroatoms. The molecule has 2 aromatic rings. The third-order valence-electron chi connectivity index (χ3n) is 3.41. The molecule has 1 aromatic carbocycles. The van der Waals surface area contributed by atoms with Crippen LogP contribution in [0.25, 0.3) is 0 Å². The van der Waals surface area contributed by atoms with E-state index in [-0.39, 0.29) is 10.8 Å². The van der Waals surface area contributed by atoms with Crippen molar-refractivity contribution in [2.24, 2.45) is 0 Å². The Morgan fingerprint density at radius 3 is 2.39 bits per heavy atom. The summed E-state index contributed by atoms with van der Waals surface area (Å²) in [6.45, 7) is 3.64. The van der Waals surface area contributed by atoms with Gasteiger partial charge in [-0.1, -0.05) is 6.07 Å². The van der Waals surface area contributed by atoms with E-state index in [1.54, 1.807) is 25.1 Å². The number of rotatable bonds is 4. The Bertz CT molecular complexity index is 828. The van der Waals surface area contributed by atoms with Gasteiger partial charge in [0.05, 0.1) is 10.5 Å². The van der Waals surface area contributed by atoms with Gasteiger partial charge in [0.1, 0.15) is 0 Å². The Hall–Kier alpha value is -2.25. The quantitative estimate of drug-likeness (QED) is 0.930. The summed E-state index contributed by atoms with van der Waals surface area (Å²) in [5.41, 5.74) is 2.46. The number of carbonyl (C=O) groups excluding carboxylic acids is 1. The van der Waals surface area contributed by atoms with E-state index >= 15 is 0 Å². The second kappa shape index (κ2) is 6.47. The molecule has 23 heavy (non-hydrogen) atoms. The molecule has 1 amide bonds. The molecular formula is C16H19N3O3S. The van der Waals surface area contributed by atoms with Gasteiger partial charge in [0, 0.05) is 31.7 Å². The Morgan fingerprint density at radius 2 is 1.83 bits per heavy atom. The number of anilines is 1. The lowest BCUT2D eigenvalue weighted by atomic mass is 10.2. The lowest BCUT2D eigenvalue weighted by molar-refractivity contribution is 0.102. The minimum Gasteiger partial charge on any atom is -0.322 e. The van der Waals surface area contributed by atoms with Gasteiger partial charge in [0.2, 0.25) is 10.0 Å². The van der Waals surface area contributed by atoms with Crippen molar-refractivity contribution in [3.8, 4) is 0 Å². The van der Waals surface area contributed by atoms with Gasteiger partial charge in [-0.2, -0.15) is 0 Å². The van der Waals surface area contributed by atoms with Crippen LogP contribution in [0.15, 0.2) is 41.4 Å². The third kappa shape index (κ3) is 3.75. The molecule has 0 unspecified atom stereocenters. The number of carbonyl (C=O) groups is 1. The zero-order valence-electron chi connectivity index (χ0n) is 13.5. The fraction of sp³-hybridized carbons (Fsp3) is 0.250. The van der Waals surface area contributed by atoms with Gasteiger partial charge < -0.3 is 5.32 Å². The zero-order valence-corrected chi connectivity index (χ0v) is 14.3. The maximum absolute atomic E-state index is 12.3. The molecule has 1 heterocycles. The Labute approximate surface area is 136 Å². The number of aryl methyl sites for hydroxylation is 2. The van der Waals surface area contributed by atoms with Crippen LogP contribution in [0.4, 0.5) is 5.69 Å². The van der Waals surface area contributed by atoms with E-state index < -0.39 is 10.0 Å². The van der Waals surface area contributed by atoms with Crippen molar-refractivity contribution in [3.05, 3.63) is 53.3 Å². The fourth-order valence-corrected chi connectivity index (χ4v) is 2.83. The summed E-state index contributed by atoms with van der Waals surface area (Å²) >= 11 is 0. The standard InChI is InChI=1S/C16H19N3O3S/c1-11-5-8-14(23(21,22)19(3)4)9-15(11)18-16(20)13-7-6-12(2)17-10-13/h5-10H,1-4H3,(H,18,20). The number of hydrogen-bond donors (Lipinski definition) is 1. The number of amides is 1. The van der Waals surface area contributed by atoms with Crippen LogP contribution in [-0.2, 0) is 10.0 Å². The van der Waals surface area contributed by atoms with E-state index in [2.05, 4.69) is 10.3 Å². The second-order valence-corrected chi connectivity index (χ2v) is 7.56. The second-order valence-electron chi connectivity index (χ2n) is 5.41. The van der Waals surface area contributed by atoms with Crippen LogP contribution >= 0.6 is 0 Å². The van der Waals surface area contributed by atoms with E-state index in [1.165, 1.54) is 32.4 Å². The molecule has 1 N–H and O–H groups in total. The molecule has 0 spiro atoms. The molecule has 0 fully saturated rings. The van der Waals surface area contributed by atoms with Crippen LogP contribution in [-0.4, -0.2) is 37.7 Å². The molecule has 6 nitrogen and oxygen atoms in total. The van der Waals surface area contributed by atoms with Crippen LogP contribution in [0.5, 0.6) is 0 Å². The number of sulfonamides is 1. The summed E-state index contributed by atoms with van der Waals surface area (Å²) in [6.07, 6.45) is 1.49. The molecular weight excluding hydrogens is 314 g/mol. The highest BCUT2D eigenvalue weighted by Crippen LogP contribution is 2.22. The van der Waals surface area contributed by atoms with Crippen LogP contribution in [0, 0.1) is 13.8 Å². The summed E-state index contributed by atoms with van der Waals surface area (Å²) in [4.78, 5) is 16.5. The number of aromatic nitrogens is 1. The monoisotopic (exact) mass is 333 g/mol. The third-order valence-corrected chi connectivity index (χ3v) is 5.22. The summed E-state index contributed by atoms with van der Waals surface area (Å²) in [5, 5.41) is 2.74. The first-order valence-corrected chi connectivity index (χ1v) is 8.43. The molecule has 0 aliphatic carbocycles. The molecule has 0 bridgehead atoms. The summed E-state index contributed by atoms with van der Waals surface area (Å²) < 4.78 is 25.5. The van der Waals surface area contributed by atoms with E-state index in [0.29, 0.717) is 11.3 Å². The van der Waals surface area contributed by atoms with E-state index in [4.69, 9.17) is 0 Å². The number of benzene rings is 1. The van der Waals surface area contributed by atoms with Crippen LogP contribution in [0.3, 0.4) is 0 Å². The van der Waals surface area contributed by atoms with Crippen molar-refractivity contribution in [2.45, 2.75) is 18.7 Å². The molecule has 0 saturated carbocycles. The molecule has 0 aliphatic heterocycles. The molecule has 0 radical (unpaired) electrons. The lowest BCUT2D eigenvalue weighted by Gasteiger charge is -2.14. The number of pyridine rings is 1. The van der Waals surface area contributed by atoms with Crippen LogP contribution in [0.1, 0.15) is 21.6 Å². The molecule has 2 rings (SSSR count). The number of nitrogens with one attached hydrogen (secondary N) is 1. The first-order chi connectivity index (χ1) is 10.7. The van der Waals surface area contributed by atoms with E-state index in [9.17, 15) is 13.2 Å². The fourth-order valence-electron chi connectivity index (χ4n) is 1.90. The lowest BCUT2D eigenvalue weighted by Crippen LogP contribution is -2.22. The maximum Gasteiger partial charge on any atom is 0.257 e. The Morgan fingerprint density at radius 1 is 1.13 bits per heavy atom. The first-order valence-electron chi connectivity index (χ1n) is 6.99. The zero-order chi connectivity index (χ0) is 17.2. The highest BCUT2D eigenvalue weighted by Gasteiger charge is 2.19. The summed E-state index contributed by atoms with van der Waals surface area (Å²) in [6, 6.07) is 8.07. The van der Waals surface area contributed by atoms with Gasteiger partial charge in [-0.25, -0.2) is 12.7 Å². The summed E-state index contributed by atoms with van der Waals surface area (Å²) in [5.74, 6) is -0.333. The van der Waals surface area contributed by atoms with Crippen LogP contribution < -0.4 is 5.32 Å².